The van der Waals surface area contributed by atoms with Gasteiger partial charge >= 0.3 is 0 Å². The zero-order valence-corrected chi connectivity index (χ0v) is 12.9. The molecule has 0 aliphatic rings. The maximum atomic E-state index is 6.22. The summed E-state index contributed by atoms with van der Waals surface area (Å²) in [5, 5.41) is 3.95. The van der Waals surface area contributed by atoms with Crippen LogP contribution in [0.4, 0.5) is 11.4 Å². The van der Waals surface area contributed by atoms with Crippen LogP contribution in [-0.4, -0.2) is 13.7 Å². The monoisotopic (exact) mass is 306 g/mol. The first-order valence-electron chi connectivity index (χ1n) is 6.72. The Hall–Kier alpha value is -2.07. The highest BCUT2D eigenvalue weighted by Crippen LogP contribution is 2.28. The van der Waals surface area contributed by atoms with Crippen LogP contribution in [0.15, 0.2) is 36.4 Å². The van der Waals surface area contributed by atoms with E-state index < -0.39 is 0 Å². The third-order valence-electron chi connectivity index (χ3n) is 3.00. The Bertz CT molecular complexity index is 617. The van der Waals surface area contributed by atoms with Crippen LogP contribution in [0.1, 0.15) is 12.5 Å². The standard InChI is InChI=1S/C16H19ClN2O2/c1-3-21-13-8-11(18)7-12(9-13)19-10-14-15(17)5-4-6-16(14)20-2/h4-9,19H,3,10,18H2,1-2H3. The highest BCUT2D eigenvalue weighted by molar-refractivity contribution is 6.31. The Morgan fingerprint density at radius 3 is 2.76 bits per heavy atom. The van der Waals surface area contributed by atoms with Gasteiger partial charge in [-0.25, -0.2) is 0 Å². The molecule has 0 saturated heterocycles. The van der Waals surface area contributed by atoms with Crippen molar-refractivity contribution in [1.29, 1.82) is 0 Å². The summed E-state index contributed by atoms with van der Waals surface area (Å²) >= 11 is 6.22. The highest BCUT2D eigenvalue weighted by Gasteiger charge is 2.08. The summed E-state index contributed by atoms with van der Waals surface area (Å²) in [5.74, 6) is 1.50. The third-order valence-corrected chi connectivity index (χ3v) is 3.36. The van der Waals surface area contributed by atoms with Gasteiger partial charge in [0.05, 0.1) is 13.7 Å². The summed E-state index contributed by atoms with van der Waals surface area (Å²) in [6.07, 6.45) is 0. The minimum atomic E-state index is 0.540. The van der Waals surface area contributed by atoms with E-state index in [0.29, 0.717) is 23.9 Å². The van der Waals surface area contributed by atoms with E-state index in [4.69, 9.17) is 26.8 Å². The fourth-order valence-electron chi connectivity index (χ4n) is 2.07. The summed E-state index contributed by atoms with van der Waals surface area (Å²) in [7, 11) is 1.63. The first kappa shape index (κ1) is 15.3. The molecule has 2 aromatic rings. The average Bonchev–Trinajstić information content (AvgIpc) is 2.45. The molecule has 0 aliphatic carbocycles. The summed E-state index contributed by atoms with van der Waals surface area (Å²) in [6, 6.07) is 11.1. The average molecular weight is 307 g/mol. The van der Waals surface area contributed by atoms with E-state index in [-0.39, 0.29) is 0 Å². The molecule has 2 aromatic carbocycles. The van der Waals surface area contributed by atoms with E-state index in [2.05, 4.69) is 5.32 Å². The van der Waals surface area contributed by atoms with Crippen molar-refractivity contribution in [1.82, 2.24) is 0 Å². The summed E-state index contributed by atoms with van der Waals surface area (Å²) < 4.78 is 10.8. The molecule has 0 aromatic heterocycles. The van der Waals surface area contributed by atoms with E-state index in [1.807, 2.05) is 37.3 Å². The lowest BCUT2D eigenvalue weighted by Crippen LogP contribution is -2.03. The van der Waals surface area contributed by atoms with Crippen molar-refractivity contribution < 1.29 is 9.47 Å². The number of nitrogen functional groups attached to an aromatic ring is 1. The maximum Gasteiger partial charge on any atom is 0.125 e. The van der Waals surface area contributed by atoms with Gasteiger partial charge in [-0.15, -0.1) is 0 Å². The molecule has 0 aliphatic heterocycles. The van der Waals surface area contributed by atoms with E-state index >= 15 is 0 Å². The molecule has 0 radical (unpaired) electrons. The molecule has 112 valence electrons. The molecule has 0 spiro atoms. The minimum absolute atomic E-state index is 0.540. The lowest BCUT2D eigenvalue weighted by Gasteiger charge is -2.13. The van der Waals surface area contributed by atoms with Crippen LogP contribution >= 0.6 is 11.6 Å². The van der Waals surface area contributed by atoms with Gasteiger partial charge in [0.25, 0.3) is 0 Å². The minimum Gasteiger partial charge on any atom is -0.496 e. The Morgan fingerprint density at radius 2 is 2.05 bits per heavy atom. The second kappa shape index (κ2) is 7.09. The number of nitrogens with one attached hydrogen (secondary N) is 1. The first-order chi connectivity index (χ1) is 10.1. The molecular formula is C16H19ClN2O2. The van der Waals surface area contributed by atoms with Crippen LogP contribution in [-0.2, 0) is 6.54 Å². The van der Waals surface area contributed by atoms with Gasteiger partial charge in [-0.2, -0.15) is 0 Å². The lowest BCUT2D eigenvalue weighted by atomic mass is 10.2. The second-order valence-corrected chi connectivity index (χ2v) is 4.91. The highest BCUT2D eigenvalue weighted by atomic mass is 35.5. The third kappa shape index (κ3) is 3.95. The molecule has 21 heavy (non-hydrogen) atoms. The van der Waals surface area contributed by atoms with E-state index in [9.17, 15) is 0 Å². The molecule has 0 amide bonds. The molecule has 5 heteroatoms. The quantitative estimate of drug-likeness (QED) is 0.794. The number of nitrogens with two attached hydrogens (primary N) is 1. The molecule has 2 rings (SSSR count). The molecule has 0 unspecified atom stereocenters. The van der Waals surface area contributed by atoms with Crippen molar-refractivity contribution in [3.63, 3.8) is 0 Å². The van der Waals surface area contributed by atoms with Gasteiger partial charge in [0.15, 0.2) is 0 Å². The van der Waals surface area contributed by atoms with Gasteiger partial charge < -0.3 is 20.5 Å². The Morgan fingerprint density at radius 1 is 1.24 bits per heavy atom. The van der Waals surface area contributed by atoms with Crippen molar-refractivity contribution >= 4 is 23.0 Å². The van der Waals surface area contributed by atoms with Crippen LogP contribution in [0.3, 0.4) is 0 Å². The molecule has 0 bridgehead atoms. The zero-order valence-electron chi connectivity index (χ0n) is 12.2. The predicted molar refractivity (Wildman–Crippen MR) is 87.4 cm³/mol. The summed E-state index contributed by atoms with van der Waals surface area (Å²) in [5.41, 5.74) is 8.30. The van der Waals surface area contributed by atoms with Crippen molar-refractivity contribution in [2.75, 3.05) is 24.8 Å². The number of ether oxygens (including phenoxy) is 2. The Labute approximate surface area is 129 Å². The Kier molecular flexibility index (Phi) is 5.17. The number of halogens is 1. The topological polar surface area (TPSA) is 56.5 Å². The van der Waals surface area contributed by atoms with Gasteiger partial charge in [0.2, 0.25) is 0 Å². The van der Waals surface area contributed by atoms with Crippen molar-refractivity contribution in [3.8, 4) is 11.5 Å². The largest absolute Gasteiger partial charge is 0.496 e. The number of hydrogen-bond donors (Lipinski definition) is 2. The molecule has 0 fully saturated rings. The molecule has 0 saturated carbocycles. The van der Waals surface area contributed by atoms with E-state index in [0.717, 1.165) is 22.7 Å². The van der Waals surface area contributed by atoms with Crippen molar-refractivity contribution in [2.24, 2.45) is 0 Å². The number of methoxy groups -OCH3 is 1. The van der Waals surface area contributed by atoms with E-state index in [1.165, 1.54) is 0 Å². The van der Waals surface area contributed by atoms with Gasteiger partial charge in [-0.3, -0.25) is 0 Å². The number of anilines is 2. The van der Waals surface area contributed by atoms with Crippen LogP contribution in [0, 0.1) is 0 Å². The van der Waals surface area contributed by atoms with Crippen LogP contribution < -0.4 is 20.5 Å². The van der Waals surface area contributed by atoms with Crippen molar-refractivity contribution in [2.45, 2.75) is 13.5 Å². The molecule has 4 nitrogen and oxygen atoms in total. The predicted octanol–water partition coefficient (Wildman–Crippen LogP) is 3.94. The lowest BCUT2D eigenvalue weighted by molar-refractivity contribution is 0.340. The fraction of sp³-hybridized carbons (Fsp3) is 0.250. The van der Waals surface area contributed by atoms with Gasteiger partial charge in [-0.05, 0) is 25.1 Å². The van der Waals surface area contributed by atoms with Crippen LogP contribution in [0.25, 0.3) is 0 Å². The number of benzene rings is 2. The molecule has 3 N–H and O–H groups in total. The van der Waals surface area contributed by atoms with Gasteiger partial charge in [-0.1, -0.05) is 17.7 Å². The summed E-state index contributed by atoms with van der Waals surface area (Å²) in [4.78, 5) is 0. The Balaban J connectivity index is 2.16. The summed E-state index contributed by atoms with van der Waals surface area (Å²) in [6.45, 7) is 3.07. The second-order valence-electron chi connectivity index (χ2n) is 4.50. The van der Waals surface area contributed by atoms with E-state index in [1.54, 1.807) is 13.2 Å². The number of hydrogen-bond acceptors (Lipinski definition) is 4. The molecule has 0 heterocycles. The molecular weight excluding hydrogens is 288 g/mol. The normalized spacial score (nSPS) is 10.2. The smallest absolute Gasteiger partial charge is 0.125 e. The first-order valence-corrected chi connectivity index (χ1v) is 7.10. The number of rotatable bonds is 6. The zero-order chi connectivity index (χ0) is 15.2. The van der Waals surface area contributed by atoms with Crippen molar-refractivity contribution in [3.05, 3.63) is 47.0 Å². The van der Waals surface area contributed by atoms with Gasteiger partial charge in [0, 0.05) is 40.6 Å². The molecule has 0 atom stereocenters. The SMILES string of the molecule is CCOc1cc(N)cc(NCc2c(Cl)cccc2OC)c1. The van der Waals surface area contributed by atoms with Crippen LogP contribution in [0.5, 0.6) is 11.5 Å². The van der Waals surface area contributed by atoms with Gasteiger partial charge in [0.1, 0.15) is 11.5 Å². The van der Waals surface area contributed by atoms with Crippen LogP contribution in [0.2, 0.25) is 5.02 Å². The fourth-order valence-corrected chi connectivity index (χ4v) is 2.30. The maximum absolute atomic E-state index is 6.22.